The number of carbonyl (C=O) groups is 1. The van der Waals surface area contributed by atoms with Crippen LogP contribution in [0.3, 0.4) is 0 Å². The van der Waals surface area contributed by atoms with E-state index in [9.17, 15) is 9.90 Å². The molecular weight excluding hydrogens is 276 g/mol. The third-order valence-corrected chi connectivity index (χ3v) is 4.00. The first-order valence-electron chi connectivity index (χ1n) is 6.46. The molecule has 0 spiro atoms. The lowest BCUT2D eigenvalue weighted by molar-refractivity contribution is -0.120. The van der Waals surface area contributed by atoms with E-state index in [1.54, 1.807) is 0 Å². The van der Waals surface area contributed by atoms with E-state index in [0.29, 0.717) is 17.2 Å². The minimum Gasteiger partial charge on any atom is -0.431 e. The van der Waals surface area contributed by atoms with E-state index in [-0.39, 0.29) is 18.3 Å². The van der Waals surface area contributed by atoms with Gasteiger partial charge in [-0.1, -0.05) is 30.8 Å². The summed E-state index contributed by atoms with van der Waals surface area (Å²) < 4.78 is 5.52. The van der Waals surface area contributed by atoms with Gasteiger partial charge in [0.1, 0.15) is 5.52 Å². The van der Waals surface area contributed by atoms with Gasteiger partial charge >= 0.3 is 0 Å². The van der Waals surface area contributed by atoms with E-state index < -0.39 is 5.54 Å². The Kier molecular flexibility index (Phi) is 4.67. The Morgan fingerprint density at radius 3 is 2.90 bits per heavy atom. The molecule has 6 heteroatoms. The molecule has 2 aromatic rings. The molecule has 0 saturated heterocycles. The van der Waals surface area contributed by atoms with Crippen LogP contribution in [0, 0.1) is 0 Å². The van der Waals surface area contributed by atoms with Gasteiger partial charge in [-0.05, 0) is 25.5 Å². The molecule has 1 atom stereocenters. The van der Waals surface area contributed by atoms with E-state index >= 15 is 0 Å². The van der Waals surface area contributed by atoms with Gasteiger partial charge in [-0.25, -0.2) is 4.98 Å². The molecule has 0 bridgehead atoms. The van der Waals surface area contributed by atoms with Gasteiger partial charge in [0.05, 0.1) is 17.9 Å². The molecule has 0 fully saturated rings. The van der Waals surface area contributed by atoms with Crippen LogP contribution in [0.25, 0.3) is 11.1 Å². The molecule has 0 aliphatic carbocycles. The van der Waals surface area contributed by atoms with Crippen LogP contribution >= 0.6 is 11.8 Å². The maximum absolute atomic E-state index is 11.9. The first kappa shape index (κ1) is 14.9. The van der Waals surface area contributed by atoms with Gasteiger partial charge < -0.3 is 14.8 Å². The summed E-state index contributed by atoms with van der Waals surface area (Å²) in [6, 6.07) is 7.47. The lowest BCUT2D eigenvalue weighted by atomic mass is 10.0. The second kappa shape index (κ2) is 6.28. The summed E-state index contributed by atoms with van der Waals surface area (Å²) in [5.41, 5.74) is 0.923. The first-order valence-corrected chi connectivity index (χ1v) is 7.45. The summed E-state index contributed by atoms with van der Waals surface area (Å²) in [5, 5.41) is 12.6. The molecule has 1 aromatic heterocycles. The van der Waals surface area contributed by atoms with Crippen molar-refractivity contribution in [2.24, 2.45) is 0 Å². The average Bonchev–Trinajstić information content (AvgIpc) is 2.88. The molecule has 0 aliphatic rings. The Labute approximate surface area is 121 Å². The second-order valence-corrected chi connectivity index (χ2v) is 5.78. The average molecular weight is 294 g/mol. The van der Waals surface area contributed by atoms with Crippen molar-refractivity contribution >= 4 is 28.8 Å². The van der Waals surface area contributed by atoms with Crippen LogP contribution in [0.15, 0.2) is 33.9 Å². The molecule has 2 N–H and O–H groups in total. The number of carbonyl (C=O) groups excluding carboxylic acids is 1. The summed E-state index contributed by atoms with van der Waals surface area (Å²) in [5.74, 6) is 0.0678. The van der Waals surface area contributed by atoms with Crippen LogP contribution < -0.4 is 5.32 Å². The Morgan fingerprint density at radius 2 is 2.25 bits per heavy atom. The summed E-state index contributed by atoms with van der Waals surface area (Å²) in [7, 11) is 0. The number of nitrogens with one attached hydrogen (secondary N) is 1. The molecule has 5 nitrogen and oxygen atoms in total. The molecule has 0 radical (unpaired) electrons. The number of hydrogen-bond acceptors (Lipinski definition) is 5. The minimum absolute atomic E-state index is 0.0806. The van der Waals surface area contributed by atoms with Gasteiger partial charge in [0.2, 0.25) is 5.91 Å². The number of rotatable bonds is 6. The number of thioether (sulfide) groups is 1. The van der Waals surface area contributed by atoms with Crippen LogP contribution in [-0.2, 0) is 4.79 Å². The third kappa shape index (κ3) is 3.52. The molecule has 1 unspecified atom stereocenters. The fourth-order valence-corrected chi connectivity index (χ4v) is 2.29. The summed E-state index contributed by atoms with van der Waals surface area (Å²) in [6.07, 6.45) is 0.669. The number of hydrogen-bond donors (Lipinski definition) is 2. The number of para-hydroxylation sites is 2. The van der Waals surface area contributed by atoms with Gasteiger partial charge in [-0.2, -0.15) is 0 Å². The molecule has 0 aliphatic heterocycles. The van der Waals surface area contributed by atoms with Crippen molar-refractivity contribution in [3.63, 3.8) is 0 Å². The monoisotopic (exact) mass is 294 g/mol. The first-order chi connectivity index (χ1) is 9.56. The minimum atomic E-state index is -0.570. The summed E-state index contributed by atoms with van der Waals surface area (Å²) in [6.45, 7) is 3.66. The maximum Gasteiger partial charge on any atom is 0.257 e. The summed E-state index contributed by atoms with van der Waals surface area (Å²) >= 11 is 1.24. The topological polar surface area (TPSA) is 75.4 Å². The number of oxazole rings is 1. The van der Waals surface area contributed by atoms with Crippen molar-refractivity contribution in [1.82, 2.24) is 10.3 Å². The number of aliphatic hydroxyl groups excluding tert-OH is 1. The van der Waals surface area contributed by atoms with E-state index in [1.807, 2.05) is 38.1 Å². The molecule has 1 aromatic carbocycles. The van der Waals surface area contributed by atoms with Crippen LogP contribution in [0.4, 0.5) is 0 Å². The van der Waals surface area contributed by atoms with Crippen molar-refractivity contribution in [3.8, 4) is 0 Å². The predicted molar refractivity (Wildman–Crippen MR) is 78.7 cm³/mol. The Morgan fingerprint density at radius 1 is 1.50 bits per heavy atom. The highest BCUT2D eigenvalue weighted by atomic mass is 32.2. The van der Waals surface area contributed by atoms with Crippen molar-refractivity contribution in [3.05, 3.63) is 24.3 Å². The number of benzene rings is 1. The zero-order valence-electron chi connectivity index (χ0n) is 11.5. The molecular formula is C14H18N2O3S. The van der Waals surface area contributed by atoms with E-state index in [2.05, 4.69) is 10.3 Å². The van der Waals surface area contributed by atoms with Crippen LogP contribution in [0.1, 0.15) is 20.3 Å². The predicted octanol–water partition coefficient (Wildman–Crippen LogP) is 2.20. The van der Waals surface area contributed by atoms with Crippen LogP contribution in [0.2, 0.25) is 0 Å². The molecule has 1 heterocycles. The normalized spacial score (nSPS) is 14.2. The van der Waals surface area contributed by atoms with Gasteiger partial charge in [0.25, 0.3) is 5.22 Å². The SMILES string of the molecule is CCC(C)(CO)NC(=O)CSc1nc2ccccc2o1. The number of aromatic nitrogens is 1. The van der Waals surface area contributed by atoms with Crippen molar-refractivity contribution in [1.29, 1.82) is 0 Å². The summed E-state index contributed by atoms with van der Waals surface area (Å²) in [4.78, 5) is 16.1. The molecule has 2 rings (SSSR count). The van der Waals surface area contributed by atoms with E-state index in [4.69, 9.17) is 4.42 Å². The van der Waals surface area contributed by atoms with Gasteiger partial charge in [0.15, 0.2) is 5.58 Å². The number of aliphatic hydroxyl groups is 1. The van der Waals surface area contributed by atoms with Gasteiger partial charge in [0, 0.05) is 0 Å². The second-order valence-electron chi connectivity index (χ2n) is 4.86. The quantitative estimate of drug-likeness (QED) is 0.799. The van der Waals surface area contributed by atoms with Crippen molar-refractivity contribution < 1.29 is 14.3 Å². The standard InChI is InChI=1S/C14H18N2O3S/c1-3-14(2,9-17)16-12(18)8-20-13-15-10-6-4-5-7-11(10)19-13/h4-7,17H,3,8-9H2,1-2H3,(H,16,18). The van der Waals surface area contributed by atoms with Crippen LogP contribution in [0.5, 0.6) is 0 Å². The van der Waals surface area contributed by atoms with Gasteiger partial charge in [-0.15, -0.1) is 0 Å². The highest BCUT2D eigenvalue weighted by molar-refractivity contribution is 7.99. The largest absolute Gasteiger partial charge is 0.431 e. The van der Waals surface area contributed by atoms with Crippen LogP contribution in [-0.4, -0.2) is 33.9 Å². The highest BCUT2D eigenvalue weighted by Crippen LogP contribution is 2.23. The Hall–Kier alpha value is -1.53. The van der Waals surface area contributed by atoms with Crippen molar-refractivity contribution in [2.75, 3.05) is 12.4 Å². The fraction of sp³-hybridized carbons (Fsp3) is 0.429. The fourth-order valence-electron chi connectivity index (χ4n) is 1.65. The molecule has 0 saturated carbocycles. The molecule has 1 amide bonds. The van der Waals surface area contributed by atoms with E-state index in [1.165, 1.54) is 11.8 Å². The Bertz CT molecular complexity index is 560. The van der Waals surface area contributed by atoms with Gasteiger partial charge in [-0.3, -0.25) is 4.79 Å². The smallest absolute Gasteiger partial charge is 0.257 e. The lowest BCUT2D eigenvalue weighted by Crippen LogP contribution is -2.49. The molecule has 108 valence electrons. The highest BCUT2D eigenvalue weighted by Gasteiger charge is 2.23. The number of nitrogens with zero attached hydrogens (tertiary/aromatic N) is 1. The number of amides is 1. The lowest BCUT2D eigenvalue weighted by Gasteiger charge is -2.26. The zero-order valence-corrected chi connectivity index (χ0v) is 12.4. The maximum atomic E-state index is 11.9. The van der Waals surface area contributed by atoms with E-state index in [0.717, 1.165) is 5.52 Å². The zero-order chi connectivity index (χ0) is 14.6. The Balaban J connectivity index is 1.93. The van der Waals surface area contributed by atoms with Crippen molar-refractivity contribution in [2.45, 2.75) is 31.0 Å². The molecule has 20 heavy (non-hydrogen) atoms. The number of fused-ring (bicyclic) bond motifs is 1. The third-order valence-electron chi connectivity index (χ3n) is 3.17.